The molecular weight excluding hydrogens is 366 g/mol. The van der Waals surface area contributed by atoms with Gasteiger partial charge in [0.25, 0.3) is 5.91 Å². The first-order valence-corrected chi connectivity index (χ1v) is 10.3. The van der Waals surface area contributed by atoms with Crippen molar-refractivity contribution in [2.75, 3.05) is 38.0 Å². The Morgan fingerprint density at radius 1 is 1.31 bits per heavy atom. The van der Waals surface area contributed by atoms with Crippen LogP contribution in [0, 0.1) is 0 Å². The summed E-state index contributed by atoms with van der Waals surface area (Å²) in [5, 5.41) is 19.9. The Labute approximate surface area is 171 Å². The lowest BCUT2D eigenvalue weighted by Gasteiger charge is -2.30. The maximum Gasteiger partial charge on any atom is 0.253 e. The Morgan fingerprint density at radius 3 is 3.00 bits per heavy atom. The highest BCUT2D eigenvalue weighted by atomic mass is 16.3. The summed E-state index contributed by atoms with van der Waals surface area (Å²) in [5.74, 6) is -0.214. The first kappa shape index (κ1) is 19.8. The van der Waals surface area contributed by atoms with E-state index in [1.54, 1.807) is 12.4 Å². The van der Waals surface area contributed by atoms with Crippen molar-refractivity contribution >= 4 is 11.6 Å². The minimum atomic E-state index is -0.608. The number of benzene rings is 1. The molecular formula is C22H29N5O2. The normalized spacial score (nSPS) is 20.1. The number of fused-ring (bicyclic) bond motifs is 1. The van der Waals surface area contributed by atoms with Gasteiger partial charge in [0.1, 0.15) is 0 Å². The number of nitrogens with one attached hydrogen (secondary N) is 3. The van der Waals surface area contributed by atoms with Crippen molar-refractivity contribution in [3.8, 4) is 0 Å². The summed E-state index contributed by atoms with van der Waals surface area (Å²) in [5.41, 5.74) is 4.06. The lowest BCUT2D eigenvalue weighted by Crippen LogP contribution is -2.42. The van der Waals surface area contributed by atoms with E-state index in [2.05, 4.69) is 50.1 Å². The number of β-amino-alcohol motifs (C(OH)–C–C–N with tert-alkyl or cyclic N) is 1. The van der Waals surface area contributed by atoms with Gasteiger partial charge in [0.2, 0.25) is 0 Å². The number of carbonyl (C=O) groups excluding carboxylic acids is 1. The van der Waals surface area contributed by atoms with Gasteiger partial charge in [0.15, 0.2) is 0 Å². The van der Waals surface area contributed by atoms with Crippen LogP contribution in [0.4, 0.5) is 5.69 Å². The van der Waals surface area contributed by atoms with Gasteiger partial charge in [-0.05, 0) is 36.6 Å². The largest absolute Gasteiger partial charge is 0.390 e. The van der Waals surface area contributed by atoms with E-state index in [0.717, 1.165) is 44.7 Å². The van der Waals surface area contributed by atoms with E-state index in [0.29, 0.717) is 18.2 Å². The Bertz CT molecular complexity index is 837. The van der Waals surface area contributed by atoms with Crippen molar-refractivity contribution in [3.63, 3.8) is 0 Å². The lowest BCUT2D eigenvalue weighted by molar-refractivity contribution is 0.0841. The average Bonchev–Trinajstić information content (AvgIpc) is 3.25. The molecule has 1 unspecified atom stereocenters. The van der Waals surface area contributed by atoms with Gasteiger partial charge in [-0.1, -0.05) is 24.3 Å². The molecule has 2 atom stereocenters. The molecule has 1 fully saturated rings. The van der Waals surface area contributed by atoms with Crippen molar-refractivity contribution in [2.45, 2.75) is 31.5 Å². The van der Waals surface area contributed by atoms with E-state index in [4.69, 9.17) is 0 Å². The fraction of sp³-hybridized carbons (Fsp3) is 0.455. The van der Waals surface area contributed by atoms with Gasteiger partial charge in [-0.2, -0.15) is 0 Å². The van der Waals surface area contributed by atoms with Crippen molar-refractivity contribution in [1.82, 2.24) is 20.5 Å². The number of hydrogen-bond acceptors (Lipinski definition) is 6. The highest BCUT2D eigenvalue weighted by molar-refractivity contribution is 5.94. The second-order valence-electron chi connectivity index (χ2n) is 7.91. The predicted molar refractivity (Wildman–Crippen MR) is 113 cm³/mol. The molecule has 2 aliphatic rings. The van der Waals surface area contributed by atoms with Crippen molar-refractivity contribution in [2.24, 2.45) is 0 Å². The van der Waals surface area contributed by atoms with Crippen LogP contribution in [-0.2, 0) is 13.0 Å². The summed E-state index contributed by atoms with van der Waals surface area (Å²) < 4.78 is 0. The molecule has 1 aromatic carbocycles. The third-order valence-electron chi connectivity index (χ3n) is 5.61. The van der Waals surface area contributed by atoms with E-state index in [1.165, 1.54) is 11.1 Å². The van der Waals surface area contributed by atoms with Crippen LogP contribution in [0.1, 0.15) is 27.9 Å². The van der Waals surface area contributed by atoms with Crippen LogP contribution >= 0.6 is 0 Å². The number of rotatable bonds is 7. The zero-order valence-corrected chi connectivity index (χ0v) is 16.6. The van der Waals surface area contributed by atoms with E-state index in [1.807, 2.05) is 6.07 Å². The monoisotopic (exact) mass is 395 g/mol. The maximum absolute atomic E-state index is 12.5. The summed E-state index contributed by atoms with van der Waals surface area (Å²) in [6.45, 7) is 4.46. The fourth-order valence-electron chi connectivity index (χ4n) is 4.04. The summed E-state index contributed by atoms with van der Waals surface area (Å²) >= 11 is 0. The van der Waals surface area contributed by atoms with Crippen LogP contribution in [0.15, 0.2) is 42.7 Å². The van der Waals surface area contributed by atoms with Gasteiger partial charge in [-0.15, -0.1) is 0 Å². The summed E-state index contributed by atoms with van der Waals surface area (Å²) in [6, 6.07) is 10.6. The Balaban J connectivity index is 1.25. The maximum atomic E-state index is 12.5. The second kappa shape index (κ2) is 9.35. The highest BCUT2D eigenvalue weighted by Gasteiger charge is 2.19. The second-order valence-corrected chi connectivity index (χ2v) is 7.91. The quantitative estimate of drug-likeness (QED) is 0.560. The number of aliphatic hydroxyl groups excluding tert-OH is 1. The molecule has 0 spiro atoms. The van der Waals surface area contributed by atoms with Crippen LogP contribution < -0.4 is 16.0 Å². The number of amides is 1. The minimum absolute atomic E-state index is 0.214. The number of aliphatic hydroxyl groups is 1. The molecule has 0 radical (unpaired) electrons. The summed E-state index contributed by atoms with van der Waals surface area (Å²) in [7, 11) is 0. The van der Waals surface area contributed by atoms with Gasteiger partial charge >= 0.3 is 0 Å². The SMILES string of the molecule is O=C(NC[C@H](O)CN1CCc2ccccc2C1)c1cncc(NC2CCNC2)c1. The molecule has 2 aliphatic heterocycles. The number of anilines is 1. The number of aromatic nitrogens is 1. The van der Waals surface area contributed by atoms with Crippen LogP contribution in [0.5, 0.6) is 0 Å². The molecule has 1 aromatic heterocycles. The summed E-state index contributed by atoms with van der Waals surface area (Å²) in [6.07, 6.45) is 4.74. The average molecular weight is 396 g/mol. The summed E-state index contributed by atoms with van der Waals surface area (Å²) in [4.78, 5) is 18.9. The van der Waals surface area contributed by atoms with Gasteiger partial charge in [-0.3, -0.25) is 14.7 Å². The molecule has 0 saturated carbocycles. The lowest BCUT2D eigenvalue weighted by atomic mass is 10.00. The smallest absolute Gasteiger partial charge is 0.253 e. The molecule has 1 saturated heterocycles. The molecule has 3 heterocycles. The Kier molecular flexibility index (Phi) is 6.39. The third-order valence-corrected chi connectivity index (χ3v) is 5.61. The van der Waals surface area contributed by atoms with Crippen LogP contribution in [0.3, 0.4) is 0 Å². The zero-order chi connectivity index (χ0) is 20.1. The first-order chi connectivity index (χ1) is 14.2. The van der Waals surface area contributed by atoms with E-state index in [-0.39, 0.29) is 12.5 Å². The molecule has 2 aromatic rings. The molecule has 4 N–H and O–H groups in total. The van der Waals surface area contributed by atoms with Crippen LogP contribution in [0.2, 0.25) is 0 Å². The number of hydrogen-bond donors (Lipinski definition) is 4. The number of nitrogens with zero attached hydrogens (tertiary/aromatic N) is 2. The highest BCUT2D eigenvalue weighted by Crippen LogP contribution is 2.18. The third kappa shape index (κ3) is 5.32. The van der Waals surface area contributed by atoms with E-state index in [9.17, 15) is 9.90 Å². The van der Waals surface area contributed by atoms with E-state index < -0.39 is 6.10 Å². The Morgan fingerprint density at radius 2 is 2.17 bits per heavy atom. The van der Waals surface area contributed by atoms with Crippen LogP contribution in [-0.4, -0.2) is 65.8 Å². The molecule has 0 bridgehead atoms. The number of pyridine rings is 1. The van der Waals surface area contributed by atoms with E-state index >= 15 is 0 Å². The molecule has 7 heteroatoms. The van der Waals surface area contributed by atoms with Gasteiger partial charge in [-0.25, -0.2) is 0 Å². The standard InChI is InChI=1S/C22H29N5O2/c28-21(15-27-8-6-16-3-1-2-4-17(16)14-27)13-25-22(29)18-9-20(12-24-10-18)26-19-5-7-23-11-19/h1-4,9-10,12,19,21,23,26,28H,5-8,11,13-15H2,(H,25,29)/t19?,21-/m0/s1. The molecule has 154 valence electrons. The zero-order valence-electron chi connectivity index (χ0n) is 16.6. The van der Waals surface area contributed by atoms with Gasteiger partial charge in [0, 0.05) is 51.2 Å². The molecule has 0 aliphatic carbocycles. The van der Waals surface area contributed by atoms with Crippen LogP contribution in [0.25, 0.3) is 0 Å². The van der Waals surface area contributed by atoms with Gasteiger partial charge < -0.3 is 21.1 Å². The molecule has 7 nitrogen and oxygen atoms in total. The molecule has 4 rings (SSSR count). The predicted octanol–water partition coefficient (Wildman–Crippen LogP) is 1.00. The van der Waals surface area contributed by atoms with Gasteiger partial charge in [0.05, 0.1) is 17.4 Å². The topological polar surface area (TPSA) is 89.5 Å². The Hall–Kier alpha value is -2.48. The van der Waals surface area contributed by atoms with Crippen molar-refractivity contribution < 1.29 is 9.90 Å². The molecule has 29 heavy (non-hydrogen) atoms. The van der Waals surface area contributed by atoms with Crippen molar-refractivity contribution in [3.05, 3.63) is 59.4 Å². The number of carbonyl (C=O) groups is 1. The minimum Gasteiger partial charge on any atom is -0.390 e. The first-order valence-electron chi connectivity index (χ1n) is 10.3. The molecule has 1 amide bonds. The fourth-order valence-corrected chi connectivity index (χ4v) is 4.04. The van der Waals surface area contributed by atoms with Crippen molar-refractivity contribution in [1.29, 1.82) is 0 Å².